The fourth-order valence-corrected chi connectivity index (χ4v) is 2.71. The minimum atomic E-state index is 0.0777. The van der Waals surface area contributed by atoms with Crippen LogP contribution in [0.15, 0.2) is 29.1 Å². The summed E-state index contributed by atoms with van der Waals surface area (Å²) in [6, 6.07) is 2.07. The normalized spacial score (nSPS) is 12.6. The zero-order valence-electron chi connectivity index (χ0n) is 11.9. The molecule has 6 heteroatoms. The summed E-state index contributed by atoms with van der Waals surface area (Å²) in [6.07, 6.45) is 7.53. The Morgan fingerprint density at radius 1 is 1.25 bits per heavy atom. The molecule has 2 heterocycles. The summed E-state index contributed by atoms with van der Waals surface area (Å²) in [5, 5.41) is 15.9. The van der Waals surface area contributed by atoms with Crippen LogP contribution < -0.4 is 5.32 Å². The van der Waals surface area contributed by atoms with E-state index >= 15 is 0 Å². The lowest BCUT2D eigenvalue weighted by Gasteiger charge is -2.20. The Morgan fingerprint density at radius 2 is 2.10 bits per heavy atom. The van der Waals surface area contributed by atoms with Gasteiger partial charge in [0.2, 0.25) is 0 Å². The highest BCUT2D eigenvalue weighted by Crippen LogP contribution is 2.28. The van der Waals surface area contributed by atoms with Crippen molar-refractivity contribution in [2.75, 3.05) is 6.54 Å². The molecule has 1 unspecified atom stereocenters. The highest BCUT2D eigenvalue weighted by atomic mass is 79.9. The minimum absolute atomic E-state index is 0.0777. The van der Waals surface area contributed by atoms with E-state index in [0.29, 0.717) is 0 Å². The molecule has 108 valence electrons. The predicted molar refractivity (Wildman–Crippen MR) is 82.4 cm³/mol. The molecule has 0 radical (unpaired) electrons. The van der Waals surface area contributed by atoms with Crippen LogP contribution in [0, 0.1) is 0 Å². The molecule has 2 aromatic heterocycles. The van der Waals surface area contributed by atoms with E-state index in [1.807, 2.05) is 18.5 Å². The zero-order chi connectivity index (χ0) is 14.4. The minimum Gasteiger partial charge on any atom is -0.305 e. The molecule has 0 aromatic carbocycles. The van der Waals surface area contributed by atoms with Gasteiger partial charge < -0.3 is 5.32 Å². The number of aryl methyl sites for hydroxylation is 1. The van der Waals surface area contributed by atoms with Crippen LogP contribution in [-0.2, 0) is 6.54 Å². The lowest BCUT2D eigenvalue weighted by Crippen LogP contribution is -2.26. The maximum atomic E-state index is 4.45. The van der Waals surface area contributed by atoms with Crippen LogP contribution in [0.25, 0.3) is 0 Å². The van der Waals surface area contributed by atoms with Gasteiger partial charge >= 0.3 is 0 Å². The lowest BCUT2D eigenvalue weighted by atomic mass is 10.1. The quantitative estimate of drug-likeness (QED) is 0.843. The van der Waals surface area contributed by atoms with Crippen LogP contribution in [0.3, 0.4) is 0 Å². The first-order valence-electron chi connectivity index (χ1n) is 6.99. The van der Waals surface area contributed by atoms with Gasteiger partial charge in [-0.15, -0.1) is 0 Å². The van der Waals surface area contributed by atoms with Gasteiger partial charge in [-0.1, -0.05) is 13.8 Å². The molecular weight excluding hydrogens is 318 g/mol. The molecule has 0 saturated carbocycles. The number of hydrogen-bond donors (Lipinski definition) is 1. The highest BCUT2D eigenvalue weighted by Gasteiger charge is 2.21. The zero-order valence-corrected chi connectivity index (χ0v) is 13.5. The van der Waals surface area contributed by atoms with Gasteiger partial charge in [0.1, 0.15) is 0 Å². The van der Waals surface area contributed by atoms with E-state index in [0.717, 1.165) is 41.7 Å². The van der Waals surface area contributed by atoms with Crippen LogP contribution in [0.4, 0.5) is 0 Å². The van der Waals surface area contributed by atoms with Crippen molar-refractivity contribution in [1.29, 1.82) is 0 Å². The molecule has 20 heavy (non-hydrogen) atoms. The molecule has 0 bridgehead atoms. The summed E-state index contributed by atoms with van der Waals surface area (Å²) in [7, 11) is 0. The molecule has 5 nitrogen and oxygen atoms in total. The van der Waals surface area contributed by atoms with Crippen LogP contribution in [-0.4, -0.2) is 26.5 Å². The molecule has 0 aliphatic rings. The third kappa shape index (κ3) is 3.43. The van der Waals surface area contributed by atoms with Gasteiger partial charge in [0.25, 0.3) is 0 Å². The SMILES string of the molecule is CCCNC(c1ccnnc1)c1c(Br)cnn1CCC. The average Bonchev–Trinajstić information content (AvgIpc) is 2.83. The maximum absolute atomic E-state index is 4.45. The van der Waals surface area contributed by atoms with Crippen LogP contribution >= 0.6 is 15.9 Å². The largest absolute Gasteiger partial charge is 0.305 e. The molecule has 2 aromatic rings. The molecule has 0 aliphatic heterocycles. The van der Waals surface area contributed by atoms with Crippen LogP contribution in [0.5, 0.6) is 0 Å². The summed E-state index contributed by atoms with van der Waals surface area (Å²) in [5.74, 6) is 0. The van der Waals surface area contributed by atoms with Crippen LogP contribution in [0.2, 0.25) is 0 Å². The first-order chi connectivity index (χ1) is 9.77. The Labute approximate surface area is 127 Å². The molecule has 1 N–H and O–H groups in total. The van der Waals surface area contributed by atoms with Crippen molar-refractivity contribution in [1.82, 2.24) is 25.3 Å². The second-order valence-corrected chi connectivity index (χ2v) is 5.52. The van der Waals surface area contributed by atoms with Crippen LogP contribution in [0.1, 0.15) is 44.0 Å². The second-order valence-electron chi connectivity index (χ2n) is 4.66. The number of nitrogens with one attached hydrogen (secondary N) is 1. The fourth-order valence-electron chi connectivity index (χ4n) is 2.18. The van der Waals surface area contributed by atoms with Crippen molar-refractivity contribution in [2.45, 2.75) is 39.3 Å². The topological polar surface area (TPSA) is 55.6 Å². The van der Waals surface area contributed by atoms with E-state index < -0.39 is 0 Å². The van der Waals surface area contributed by atoms with Gasteiger partial charge in [-0.05, 0) is 46.9 Å². The van der Waals surface area contributed by atoms with Gasteiger partial charge in [0.05, 0.1) is 28.6 Å². The molecule has 2 rings (SSSR count). The molecule has 1 atom stereocenters. The van der Waals surface area contributed by atoms with Crippen molar-refractivity contribution in [2.24, 2.45) is 0 Å². The molecular formula is C14H20BrN5. The van der Waals surface area contributed by atoms with E-state index in [1.165, 1.54) is 0 Å². The molecule has 0 fully saturated rings. The Hall–Kier alpha value is -1.27. The summed E-state index contributed by atoms with van der Waals surface area (Å²) in [4.78, 5) is 0. The van der Waals surface area contributed by atoms with E-state index in [1.54, 1.807) is 6.20 Å². The molecule has 0 saturated heterocycles. The number of hydrogen-bond acceptors (Lipinski definition) is 4. The Balaban J connectivity index is 2.38. The van der Waals surface area contributed by atoms with E-state index in [-0.39, 0.29) is 6.04 Å². The molecule has 0 amide bonds. The van der Waals surface area contributed by atoms with E-state index in [9.17, 15) is 0 Å². The van der Waals surface area contributed by atoms with Crippen molar-refractivity contribution >= 4 is 15.9 Å². The Morgan fingerprint density at radius 3 is 2.75 bits per heavy atom. The number of nitrogens with zero attached hydrogens (tertiary/aromatic N) is 4. The second kappa shape index (κ2) is 7.50. The molecule has 0 spiro atoms. The van der Waals surface area contributed by atoms with Crippen molar-refractivity contribution in [3.63, 3.8) is 0 Å². The van der Waals surface area contributed by atoms with Gasteiger partial charge in [0, 0.05) is 12.7 Å². The average molecular weight is 338 g/mol. The summed E-state index contributed by atoms with van der Waals surface area (Å²) in [5.41, 5.74) is 2.25. The third-order valence-electron chi connectivity index (χ3n) is 3.08. The monoisotopic (exact) mass is 337 g/mol. The predicted octanol–water partition coefficient (Wildman–Crippen LogP) is 2.93. The molecule has 0 aliphatic carbocycles. The third-order valence-corrected chi connectivity index (χ3v) is 3.69. The van der Waals surface area contributed by atoms with Gasteiger partial charge in [-0.3, -0.25) is 4.68 Å². The van der Waals surface area contributed by atoms with Crippen molar-refractivity contribution in [3.8, 4) is 0 Å². The first-order valence-corrected chi connectivity index (χ1v) is 7.78. The summed E-state index contributed by atoms with van der Waals surface area (Å²) in [6.45, 7) is 6.16. The van der Waals surface area contributed by atoms with Crippen molar-refractivity contribution < 1.29 is 0 Å². The maximum Gasteiger partial charge on any atom is 0.0776 e. The summed E-state index contributed by atoms with van der Waals surface area (Å²) >= 11 is 3.62. The highest BCUT2D eigenvalue weighted by molar-refractivity contribution is 9.10. The number of aromatic nitrogens is 4. The van der Waals surface area contributed by atoms with Crippen molar-refractivity contribution in [3.05, 3.63) is 40.4 Å². The smallest absolute Gasteiger partial charge is 0.0776 e. The first kappa shape index (κ1) is 15.1. The van der Waals surface area contributed by atoms with E-state index in [2.05, 4.69) is 55.1 Å². The summed E-state index contributed by atoms with van der Waals surface area (Å²) < 4.78 is 3.08. The number of rotatable bonds is 7. The lowest BCUT2D eigenvalue weighted by molar-refractivity contribution is 0.509. The standard InChI is InChI=1S/C14H20BrN5/c1-3-6-16-13(11-5-7-17-18-9-11)14-12(15)10-19-20(14)8-4-2/h5,7,9-10,13,16H,3-4,6,8H2,1-2H3. The van der Waals surface area contributed by atoms with Gasteiger partial charge in [-0.2, -0.15) is 15.3 Å². The van der Waals surface area contributed by atoms with E-state index in [4.69, 9.17) is 0 Å². The Bertz CT molecular complexity index is 526. The Kier molecular flexibility index (Phi) is 5.67. The van der Waals surface area contributed by atoms with Gasteiger partial charge in [-0.25, -0.2) is 0 Å². The van der Waals surface area contributed by atoms with Gasteiger partial charge in [0.15, 0.2) is 0 Å². The number of halogens is 1. The fraction of sp³-hybridized carbons (Fsp3) is 0.500.